The highest BCUT2D eigenvalue weighted by molar-refractivity contribution is 6.31. The highest BCUT2D eigenvalue weighted by Gasteiger charge is 2.38. The van der Waals surface area contributed by atoms with E-state index in [9.17, 15) is 9.18 Å². The molecule has 0 bridgehead atoms. The lowest BCUT2D eigenvalue weighted by Crippen LogP contribution is -2.28. The Morgan fingerprint density at radius 3 is 2.66 bits per heavy atom. The molecule has 0 aliphatic heterocycles. The summed E-state index contributed by atoms with van der Waals surface area (Å²) in [6.45, 7) is 3.11. The number of nitrogens with zero attached hydrogens (tertiary/aromatic N) is 3. The van der Waals surface area contributed by atoms with Gasteiger partial charge < -0.3 is 15.4 Å². The van der Waals surface area contributed by atoms with Crippen molar-refractivity contribution in [2.24, 2.45) is 0 Å². The molecule has 35 heavy (non-hydrogen) atoms. The van der Waals surface area contributed by atoms with Crippen LogP contribution in [0.25, 0.3) is 10.9 Å². The topological polar surface area (TPSA) is 79.4 Å². The van der Waals surface area contributed by atoms with Crippen LogP contribution in [0.15, 0.2) is 48.8 Å². The van der Waals surface area contributed by atoms with Gasteiger partial charge in [0.15, 0.2) is 0 Å². The Bertz CT molecular complexity index is 1260. The van der Waals surface area contributed by atoms with Crippen molar-refractivity contribution in [1.29, 1.82) is 0 Å². The van der Waals surface area contributed by atoms with Gasteiger partial charge in [-0.15, -0.1) is 0 Å². The number of halogens is 2. The van der Waals surface area contributed by atoms with E-state index in [2.05, 4.69) is 25.5 Å². The van der Waals surface area contributed by atoms with Crippen LogP contribution in [-0.2, 0) is 4.79 Å². The third kappa shape index (κ3) is 5.71. The third-order valence-electron chi connectivity index (χ3n) is 6.09. The molecule has 2 aromatic carbocycles. The maximum atomic E-state index is 13.6. The van der Waals surface area contributed by atoms with Crippen LogP contribution >= 0.6 is 11.6 Å². The SMILES string of the molecule is CCOc1cc2ncnc(Nc3ccc(F)c(Cl)c3)c2cc1NC(=O)C=CCN(C1CC1)C1CC1. The molecule has 2 saturated carbocycles. The van der Waals surface area contributed by atoms with E-state index in [0.717, 1.165) is 6.54 Å². The normalized spacial score (nSPS) is 15.7. The molecule has 0 unspecified atom stereocenters. The fraction of sp³-hybridized carbons (Fsp3) is 0.346. The van der Waals surface area contributed by atoms with Crippen molar-refractivity contribution in [3.8, 4) is 5.75 Å². The molecule has 182 valence electrons. The number of ether oxygens (including phenoxy) is 1. The fourth-order valence-electron chi connectivity index (χ4n) is 4.13. The number of carbonyl (C=O) groups is 1. The van der Waals surface area contributed by atoms with Gasteiger partial charge in [0.2, 0.25) is 5.91 Å². The number of rotatable bonds is 10. The second kappa shape index (κ2) is 10.2. The second-order valence-electron chi connectivity index (χ2n) is 8.83. The summed E-state index contributed by atoms with van der Waals surface area (Å²) in [5, 5.41) is 6.77. The average molecular weight is 496 g/mol. The van der Waals surface area contributed by atoms with Gasteiger partial charge in [-0.3, -0.25) is 9.69 Å². The molecule has 9 heteroatoms. The van der Waals surface area contributed by atoms with E-state index < -0.39 is 5.82 Å². The van der Waals surface area contributed by atoms with E-state index in [1.807, 2.05) is 13.0 Å². The summed E-state index contributed by atoms with van der Waals surface area (Å²) in [5.41, 5.74) is 1.73. The van der Waals surface area contributed by atoms with Gasteiger partial charge in [-0.05, 0) is 56.9 Å². The van der Waals surface area contributed by atoms with E-state index in [1.165, 1.54) is 44.1 Å². The Kier molecular flexibility index (Phi) is 6.83. The van der Waals surface area contributed by atoms with Crippen molar-refractivity contribution in [3.05, 3.63) is 59.7 Å². The van der Waals surface area contributed by atoms with Crippen molar-refractivity contribution < 1.29 is 13.9 Å². The molecule has 1 amide bonds. The maximum absolute atomic E-state index is 13.6. The van der Waals surface area contributed by atoms with Crippen molar-refractivity contribution in [1.82, 2.24) is 14.9 Å². The minimum Gasteiger partial charge on any atom is -0.492 e. The lowest BCUT2D eigenvalue weighted by molar-refractivity contribution is -0.111. The first-order valence-corrected chi connectivity index (χ1v) is 12.3. The van der Waals surface area contributed by atoms with Crippen molar-refractivity contribution >= 4 is 45.6 Å². The van der Waals surface area contributed by atoms with Crippen molar-refractivity contribution in [3.63, 3.8) is 0 Å². The molecule has 0 atom stereocenters. The zero-order valence-corrected chi connectivity index (χ0v) is 20.2. The van der Waals surface area contributed by atoms with Gasteiger partial charge in [0.05, 0.1) is 22.8 Å². The molecule has 0 spiro atoms. The molecule has 7 nitrogen and oxygen atoms in total. The van der Waals surface area contributed by atoms with Gasteiger partial charge in [0.1, 0.15) is 23.7 Å². The molecule has 2 aliphatic rings. The quantitative estimate of drug-likeness (QED) is 0.352. The van der Waals surface area contributed by atoms with Gasteiger partial charge in [0, 0.05) is 41.8 Å². The summed E-state index contributed by atoms with van der Waals surface area (Å²) < 4.78 is 19.3. The Hall–Kier alpha value is -3.23. The van der Waals surface area contributed by atoms with Gasteiger partial charge in [-0.2, -0.15) is 0 Å². The average Bonchev–Trinajstić information content (AvgIpc) is 3.75. The first-order chi connectivity index (χ1) is 17.0. The molecule has 2 aliphatic carbocycles. The van der Waals surface area contributed by atoms with Crippen molar-refractivity contribution in [2.75, 3.05) is 23.8 Å². The van der Waals surface area contributed by atoms with E-state index in [4.69, 9.17) is 16.3 Å². The smallest absolute Gasteiger partial charge is 0.248 e. The van der Waals surface area contributed by atoms with Gasteiger partial charge in [0.25, 0.3) is 0 Å². The number of benzene rings is 2. The van der Waals surface area contributed by atoms with Crippen molar-refractivity contribution in [2.45, 2.75) is 44.7 Å². The number of amides is 1. The van der Waals surface area contributed by atoms with Gasteiger partial charge >= 0.3 is 0 Å². The molecular formula is C26H27ClFN5O2. The first kappa shape index (κ1) is 23.5. The molecular weight excluding hydrogens is 469 g/mol. The van der Waals surface area contributed by atoms with E-state index in [0.29, 0.717) is 52.5 Å². The standard InChI is InChI=1S/C26H27ClFN5O2/c1-2-35-24-14-22-19(26(30-15-29-22)31-16-5-10-21(28)20(27)12-16)13-23(24)32-25(34)4-3-11-33(17-6-7-17)18-8-9-18/h3-5,10,12-15,17-18H,2,6-9,11H2,1H3,(H,32,34)(H,29,30,31). The van der Waals surface area contributed by atoms with E-state index >= 15 is 0 Å². The summed E-state index contributed by atoms with van der Waals surface area (Å²) in [5.74, 6) is 0.292. The van der Waals surface area contributed by atoms with Crippen LogP contribution in [0.1, 0.15) is 32.6 Å². The summed E-state index contributed by atoms with van der Waals surface area (Å²) >= 11 is 5.92. The number of carbonyl (C=O) groups excluding carboxylic acids is 1. The van der Waals surface area contributed by atoms with Gasteiger partial charge in [-0.25, -0.2) is 14.4 Å². The Labute approximate surface area is 208 Å². The summed E-state index contributed by atoms with van der Waals surface area (Å²) in [4.78, 5) is 23.9. The zero-order valence-electron chi connectivity index (χ0n) is 19.4. The molecule has 1 aromatic heterocycles. The molecule has 0 radical (unpaired) electrons. The van der Waals surface area contributed by atoms with Crippen LogP contribution in [-0.4, -0.2) is 46.0 Å². The number of hydrogen-bond acceptors (Lipinski definition) is 6. The Morgan fingerprint density at radius 2 is 1.97 bits per heavy atom. The fourth-order valence-corrected chi connectivity index (χ4v) is 4.31. The Balaban J connectivity index is 1.37. The maximum Gasteiger partial charge on any atom is 0.248 e. The Morgan fingerprint density at radius 1 is 1.20 bits per heavy atom. The summed E-state index contributed by atoms with van der Waals surface area (Å²) in [7, 11) is 0. The van der Waals surface area contributed by atoms with E-state index in [-0.39, 0.29) is 10.9 Å². The monoisotopic (exact) mass is 495 g/mol. The number of hydrogen-bond donors (Lipinski definition) is 2. The molecule has 3 aromatic rings. The lowest BCUT2D eigenvalue weighted by Gasteiger charge is -2.19. The molecule has 1 heterocycles. The third-order valence-corrected chi connectivity index (χ3v) is 6.38. The van der Waals surface area contributed by atoms with E-state index in [1.54, 1.807) is 24.3 Å². The predicted octanol–water partition coefficient (Wildman–Crippen LogP) is 5.69. The van der Waals surface area contributed by atoms with Crippen LogP contribution in [0.5, 0.6) is 5.75 Å². The van der Waals surface area contributed by atoms with Crippen LogP contribution in [0, 0.1) is 5.82 Å². The molecule has 2 fully saturated rings. The highest BCUT2D eigenvalue weighted by atomic mass is 35.5. The minimum absolute atomic E-state index is 0.00803. The second-order valence-corrected chi connectivity index (χ2v) is 9.23. The lowest BCUT2D eigenvalue weighted by atomic mass is 10.1. The number of nitrogens with one attached hydrogen (secondary N) is 2. The summed E-state index contributed by atoms with van der Waals surface area (Å²) in [6.07, 6.45) is 9.97. The molecule has 5 rings (SSSR count). The van der Waals surface area contributed by atoms with Crippen LogP contribution in [0.4, 0.5) is 21.6 Å². The van der Waals surface area contributed by atoms with Gasteiger partial charge in [-0.1, -0.05) is 17.7 Å². The van der Waals surface area contributed by atoms with Crippen LogP contribution < -0.4 is 15.4 Å². The summed E-state index contributed by atoms with van der Waals surface area (Å²) in [6, 6.07) is 9.25. The predicted molar refractivity (Wildman–Crippen MR) is 136 cm³/mol. The number of aromatic nitrogens is 2. The highest BCUT2D eigenvalue weighted by Crippen LogP contribution is 2.37. The number of fused-ring (bicyclic) bond motifs is 1. The zero-order chi connectivity index (χ0) is 24.4. The number of anilines is 3. The van der Waals surface area contributed by atoms with Crippen LogP contribution in [0.3, 0.4) is 0 Å². The molecule has 2 N–H and O–H groups in total. The minimum atomic E-state index is -0.499. The largest absolute Gasteiger partial charge is 0.492 e. The molecule has 0 saturated heterocycles. The van der Waals surface area contributed by atoms with Crippen LogP contribution in [0.2, 0.25) is 5.02 Å². The first-order valence-electron chi connectivity index (χ1n) is 11.9.